The molecule has 0 bridgehead atoms. The Labute approximate surface area is 105 Å². The Morgan fingerprint density at radius 3 is 1.75 bits per heavy atom. The molecule has 0 spiro atoms. The highest BCUT2D eigenvalue weighted by atomic mass is 14.4. The Bertz CT molecular complexity index is 155. The molecule has 0 radical (unpaired) electrons. The summed E-state index contributed by atoms with van der Waals surface area (Å²) in [7, 11) is 0. The molecule has 0 heteroatoms. The highest BCUT2D eigenvalue weighted by molar-refractivity contribution is 4.90. The third-order valence-corrected chi connectivity index (χ3v) is 4.25. The molecule has 0 aromatic heterocycles. The van der Waals surface area contributed by atoms with E-state index in [4.69, 9.17) is 0 Å². The Morgan fingerprint density at radius 2 is 1.44 bits per heavy atom. The molecule has 0 heterocycles. The molecule has 2 unspecified atom stereocenters. The van der Waals surface area contributed by atoms with E-state index in [9.17, 15) is 0 Å². The zero-order chi connectivity index (χ0) is 13.4. The molecular formula is C16H36. The molecule has 0 aliphatic heterocycles. The van der Waals surface area contributed by atoms with Crippen molar-refractivity contribution in [1.29, 1.82) is 0 Å². The average Bonchev–Trinajstić information content (AvgIpc) is 2.29. The second kappa shape index (κ2) is 8.14. The van der Waals surface area contributed by atoms with Crippen molar-refractivity contribution in [3.63, 3.8) is 0 Å². The SMILES string of the molecule is CC.CC.CCC1(C)CCC(C)C(C)(C)C1. The number of hydrogen-bond donors (Lipinski definition) is 0. The van der Waals surface area contributed by atoms with Crippen LogP contribution in [-0.2, 0) is 0 Å². The summed E-state index contributed by atoms with van der Waals surface area (Å²) in [4.78, 5) is 0. The van der Waals surface area contributed by atoms with Crippen molar-refractivity contribution in [3.8, 4) is 0 Å². The fourth-order valence-corrected chi connectivity index (χ4v) is 2.62. The van der Waals surface area contributed by atoms with Crippen LogP contribution in [-0.4, -0.2) is 0 Å². The summed E-state index contributed by atoms with van der Waals surface area (Å²) in [6.45, 7) is 20.1. The number of hydrogen-bond acceptors (Lipinski definition) is 0. The van der Waals surface area contributed by atoms with Crippen molar-refractivity contribution in [1.82, 2.24) is 0 Å². The summed E-state index contributed by atoms with van der Waals surface area (Å²) in [5.41, 5.74) is 1.21. The lowest BCUT2D eigenvalue weighted by atomic mass is 9.59. The first kappa shape index (κ1) is 18.4. The molecule has 0 saturated heterocycles. The first-order chi connectivity index (χ1) is 7.40. The van der Waals surface area contributed by atoms with Crippen molar-refractivity contribution >= 4 is 0 Å². The van der Waals surface area contributed by atoms with Gasteiger partial charge in [0.05, 0.1) is 0 Å². The van der Waals surface area contributed by atoms with Crippen LogP contribution in [0, 0.1) is 16.7 Å². The fraction of sp³-hybridized carbons (Fsp3) is 1.00. The monoisotopic (exact) mass is 228 g/mol. The van der Waals surface area contributed by atoms with Gasteiger partial charge >= 0.3 is 0 Å². The van der Waals surface area contributed by atoms with E-state index in [1.807, 2.05) is 27.7 Å². The van der Waals surface area contributed by atoms with Gasteiger partial charge in [0.15, 0.2) is 0 Å². The second-order valence-electron chi connectivity index (χ2n) is 5.77. The molecule has 0 aromatic rings. The van der Waals surface area contributed by atoms with Crippen LogP contribution in [0.15, 0.2) is 0 Å². The maximum Gasteiger partial charge on any atom is -0.0323 e. The van der Waals surface area contributed by atoms with Gasteiger partial charge in [-0.05, 0) is 36.0 Å². The third-order valence-electron chi connectivity index (χ3n) is 4.25. The van der Waals surface area contributed by atoms with Gasteiger partial charge < -0.3 is 0 Å². The molecule has 0 amide bonds. The predicted molar refractivity (Wildman–Crippen MR) is 77.9 cm³/mol. The number of rotatable bonds is 1. The van der Waals surface area contributed by atoms with Gasteiger partial charge in [0.25, 0.3) is 0 Å². The van der Waals surface area contributed by atoms with Gasteiger partial charge in [0.1, 0.15) is 0 Å². The van der Waals surface area contributed by atoms with Gasteiger partial charge in [-0.2, -0.15) is 0 Å². The van der Waals surface area contributed by atoms with Crippen molar-refractivity contribution in [2.75, 3.05) is 0 Å². The van der Waals surface area contributed by atoms with Crippen LogP contribution in [0.5, 0.6) is 0 Å². The predicted octanol–water partition coefficient (Wildman–Crippen LogP) is 6.30. The van der Waals surface area contributed by atoms with Gasteiger partial charge in [0, 0.05) is 0 Å². The van der Waals surface area contributed by atoms with E-state index in [2.05, 4.69) is 34.6 Å². The smallest absolute Gasteiger partial charge is 0.0323 e. The van der Waals surface area contributed by atoms with Crippen molar-refractivity contribution < 1.29 is 0 Å². The second-order valence-corrected chi connectivity index (χ2v) is 5.77. The Balaban J connectivity index is 0. The summed E-state index contributed by atoms with van der Waals surface area (Å²) >= 11 is 0. The van der Waals surface area contributed by atoms with Crippen LogP contribution in [0.1, 0.15) is 88.0 Å². The normalized spacial score (nSPS) is 31.7. The maximum atomic E-state index is 2.46. The third kappa shape index (κ3) is 5.37. The molecule has 1 saturated carbocycles. The molecule has 1 rings (SSSR count). The minimum Gasteiger partial charge on any atom is -0.0683 e. The van der Waals surface area contributed by atoms with Crippen LogP contribution < -0.4 is 0 Å². The van der Waals surface area contributed by atoms with Crippen LogP contribution in [0.2, 0.25) is 0 Å². The van der Waals surface area contributed by atoms with E-state index in [0.29, 0.717) is 10.8 Å². The van der Waals surface area contributed by atoms with Crippen molar-refractivity contribution in [3.05, 3.63) is 0 Å². The van der Waals surface area contributed by atoms with Gasteiger partial charge in [-0.25, -0.2) is 0 Å². The van der Waals surface area contributed by atoms with Crippen molar-refractivity contribution in [2.45, 2.75) is 88.0 Å². The summed E-state index contributed by atoms with van der Waals surface area (Å²) in [5.74, 6) is 0.914. The van der Waals surface area contributed by atoms with Crippen LogP contribution in [0.3, 0.4) is 0 Å². The Morgan fingerprint density at radius 1 is 1.00 bits per heavy atom. The molecule has 1 aliphatic carbocycles. The highest BCUT2D eigenvalue weighted by Gasteiger charge is 2.39. The lowest BCUT2D eigenvalue weighted by Gasteiger charge is -2.46. The van der Waals surface area contributed by atoms with Gasteiger partial charge in [-0.1, -0.05) is 68.7 Å². The van der Waals surface area contributed by atoms with Gasteiger partial charge in [-0.3, -0.25) is 0 Å². The van der Waals surface area contributed by atoms with Crippen LogP contribution in [0.4, 0.5) is 0 Å². The van der Waals surface area contributed by atoms with Gasteiger partial charge in [0.2, 0.25) is 0 Å². The highest BCUT2D eigenvalue weighted by Crippen LogP contribution is 2.50. The van der Waals surface area contributed by atoms with Crippen LogP contribution >= 0.6 is 0 Å². The standard InChI is InChI=1S/C12H24.2C2H6/c1-6-12(5)8-7-10(2)11(3,4)9-12;2*1-2/h10H,6-9H2,1-5H3;2*1-2H3. The minimum absolute atomic E-state index is 0.572. The summed E-state index contributed by atoms with van der Waals surface area (Å²) in [6.07, 6.45) is 5.63. The Hall–Kier alpha value is 0. The average molecular weight is 228 g/mol. The molecule has 16 heavy (non-hydrogen) atoms. The lowest BCUT2D eigenvalue weighted by molar-refractivity contribution is 0.0444. The molecule has 0 aromatic carbocycles. The molecule has 1 aliphatic rings. The quantitative estimate of drug-likeness (QED) is 0.494. The first-order valence-corrected chi connectivity index (χ1v) is 7.40. The van der Waals surface area contributed by atoms with E-state index in [0.717, 1.165) is 5.92 Å². The van der Waals surface area contributed by atoms with Gasteiger partial charge in [-0.15, -0.1) is 0 Å². The largest absolute Gasteiger partial charge is 0.0683 e. The zero-order valence-corrected chi connectivity index (χ0v) is 13.4. The summed E-state index contributed by atoms with van der Waals surface area (Å²) in [6, 6.07) is 0. The molecular weight excluding hydrogens is 192 g/mol. The first-order valence-electron chi connectivity index (χ1n) is 7.40. The summed E-state index contributed by atoms with van der Waals surface area (Å²) < 4.78 is 0. The zero-order valence-electron chi connectivity index (χ0n) is 13.4. The Kier molecular flexibility index (Phi) is 9.35. The van der Waals surface area contributed by atoms with E-state index >= 15 is 0 Å². The topological polar surface area (TPSA) is 0 Å². The lowest BCUT2D eigenvalue weighted by Crippen LogP contribution is -2.35. The van der Waals surface area contributed by atoms with E-state index in [-0.39, 0.29) is 0 Å². The molecule has 0 nitrogen and oxygen atoms in total. The van der Waals surface area contributed by atoms with Crippen LogP contribution in [0.25, 0.3) is 0 Å². The van der Waals surface area contributed by atoms with E-state index in [1.165, 1.54) is 25.7 Å². The summed E-state index contributed by atoms with van der Waals surface area (Å²) in [5, 5.41) is 0. The van der Waals surface area contributed by atoms with E-state index < -0.39 is 0 Å². The minimum atomic E-state index is 0.572. The molecule has 100 valence electrons. The molecule has 1 fully saturated rings. The van der Waals surface area contributed by atoms with Crippen molar-refractivity contribution in [2.24, 2.45) is 16.7 Å². The van der Waals surface area contributed by atoms with E-state index in [1.54, 1.807) is 0 Å². The molecule has 0 N–H and O–H groups in total. The molecule has 2 atom stereocenters. The fourth-order valence-electron chi connectivity index (χ4n) is 2.62. The maximum absolute atomic E-state index is 2.46.